The summed E-state index contributed by atoms with van der Waals surface area (Å²) in [5.41, 5.74) is 2.23. The molecule has 2 aromatic rings. The maximum atomic E-state index is 12.5. The highest BCUT2D eigenvalue weighted by molar-refractivity contribution is 7.10. The third kappa shape index (κ3) is 2.70. The van der Waals surface area contributed by atoms with Gasteiger partial charge in [-0.05, 0) is 25.5 Å². The second-order valence-corrected chi connectivity index (χ2v) is 5.33. The zero-order valence-corrected chi connectivity index (χ0v) is 12.3. The molecular formula is C15H14N2O2S. The summed E-state index contributed by atoms with van der Waals surface area (Å²) in [6, 6.07) is 7.24. The van der Waals surface area contributed by atoms with Gasteiger partial charge in [0.25, 0.3) is 0 Å². The van der Waals surface area contributed by atoms with Crippen LogP contribution in [0.2, 0.25) is 0 Å². The van der Waals surface area contributed by atoms with Crippen LogP contribution >= 0.6 is 11.3 Å². The van der Waals surface area contributed by atoms with Crippen molar-refractivity contribution in [2.75, 3.05) is 7.11 Å². The Hall–Kier alpha value is -2.19. The molecule has 1 aromatic carbocycles. The molecule has 0 saturated carbocycles. The van der Waals surface area contributed by atoms with Gasteiger partial charge in [0.15, 0.2) is 11.7 Å². The smallest absolute Gasteiger partial charge is 0.187 e. The SMILES string of the molecule is COc1cc(C(=O)C(C#N)c2nc(C)cs2)ccc1C. The molecule has 4 nitrogen and oxygen atoms in total. The number of carbonyl (C=O) groups is 1. The van der Waals surface area contributed by atoms with E-state index in [0.29, 0.717) is 16.3 Å². The molecule has 1 atom stereocenters. The zero-order chi connectivity index (χ0) is 14.7. The monoisotopic (exact) mass is 286 g/mol. The molecule has 0 aliphatic carbocycles. The minimum atomic E-state index is -0.860. The Morgan fingerprint density at radius 2 is 2.20 bits per heavy atom. The number of aryl methyl sites for hydroxylation is 2. The van der Waals surface area contributed by atoms with Crippen molar-refractivity contribution in [3.8, 4) is 11.8 Å². The van der Waals surface area contributed by atoms with Crippen molar-refractivity contribution in [1.29, 1.82) is 5.26 Å². The van der Waals surface area contributed by atoms with Crippen LogP contribution in [0.1, 0.15) is 32.5 Å². The highest BCUT2D eigenvalue weighted by Crippen LogP contribution is 2.26. The second-order valence-electron chi connectivity index (χ2n) is 4.44. The second kappa shape index (κ2) is 5.85. The molecule has 2 rings (SSSR count). The molecule has 1 unspecified atom stereocenters. The average Bonchev–Trinajstić information content (AvgIpc) is 2.86. The average molecular weight is 286 g/mol. The van der Waals surface area contributed by atoms with E-state index < -0.39 is 5.92 Å². The number of benzene rings is 1. The Bertz CT molecular complexity index is 685. The van der Waals surface area contributed by atoms with Crippen LogP contribution in [-0.4, -0.2) is 17.9 Å². The molecule has 0 fully saturated rings. The Labute approximate surface area is 121 Å². The van der Waals surface area contributed by atoms with E-state index in [1.807, 2.05) is 31.4 Å². The Morgan fingerprint density at radius 1 is 1.45 bits per heavy atom. The summed E-state index contributed by atoms with van der Waals surface area (Å²) >= 11 is 1.33. The van der Waals surface area contributed by atoms with E-state index in [1.165, 1.54) is 11.3 Å². The van der Waals surface area contributed by atoms with Crippen LogP contribution in [0.3, 0.4) is 0 Å². The van der Waals surface area contributed by atoms with Crippen LogP contribution in [-0.2, 0) is 0 Å². The van der Waals surface area contributed by atoms with Crippen molar-refractivity contribution in [3.63, 3.8) is 0 Å². The van der Waals surface area contributed by atoms with Gasteiger partial charge in [-0.1, -0.05) is 12.1 Å². The topological polar surface area (TPSA) is 63.0 Å². The molecule has 0 spiro atoms. The van der Waals surface area contributed by atoms with Crippen molar-refractivity contribution >= 4 is 17.1 Å². The van der Waals surface area contributed by atoms with Gasteiger partial charge in [-0.15, -0.1) is 11.3 Å². The number of Topliss-reactive ketones (excluding diaryl/α,β-unsaturated/α-hetero) is 1. The Balaban J connectivity index is 2.37. The van der Waals surface area contributed by atoms with E-state index in [4.69, 9.17) is 4.74 Å². The van der Waals surface area contributed by atoms with Crippen molar-refractivity contribution in [2.24, 2.45) is 0 Å². The fourth-order valence-electron chi connectivity index (χ4n) is 1.87. The number of aromatic nitrogens is 1. The zero-order valence-electron chi connectivity index (χ0n) is 11.5. The van der Waals surface area contributed by atoms with Crippen LogP contribution in [0.25, 0.3) is 0 Å². The lowest BCUT2D eigenvalue weighted by Crippen LogP contribution is -2.11. The number of hydrogen-bond donors (Lipinski definition) is 0. The van der Waals surface area contributed by atoms with Crippen LogP contribution in [0.4, 0.5) is 0 Å². The van der Waals surface area contributed by atoms with Gasteiger partial charge in [-0.2, -0.15) is 5.26 Å². The fourth-order valence-corrected chi connectivity index (χ4v) is 2.71. The van der Waals surface area contributed by atoms with Crippen LogP contribution < -0.4 is 4.74 Å². The number of hydrogen-bond acceptors (Lipinski definition) is 5. The molecule has 0 saturated heterocycles. The van der Waals surface area contributed by atoms with E-state index in [-0.39, 0.29) is 5.78 Å². The van der Waals surface area contributed by atoms with Crippen LogP contribution in [0.5, 0.6) is 5.75 Å². The first-order valence-corrected chi connectivity index (χ1v) is 6.95. The largest absolute Gasteiger partial charge is 0.496 e. The number of nitriles is 1. The van der Waals surface area contributed by atoms with Crippen molar-refractivity contribution in [1.82, 2.24) is 4.98 Å². The number of methoxy groups -OCH3 is 1. The van der Waals surface area contributed by atoms with E-state index in [2.05, 4.69) is 4.98 Å². The highest BCUT2D eigenvalue weighted by Gasteiger charge is 2.25. The number of ether oxygens (including phenoxy) is 1. The van der Waals surface area contributed by atoms with Crippen molar-refractivity contribution in [3.05, 3.63) is 45.4 Å². The molecule has 0 aliphatic heterocycles. The maximum absolute atomic E-state index is 12.5. The standard InChI is InChI=1S/C15H14N2O2S/c1-9-4-5-11(6-13(9)19-3)14(18)12(7-16)15-17-10(2)8-20-15/h4-6,8,12H,1-3H3. The van der Waals surface area contributed by atoms with Gasteiger partial charge < -0.3 is 4.74 Å². The maximum Gasteiger partial charge on any atom is 0.187 e. The van der Waals surface area contributed by atoms with E-state index in [9.17, 15) is 10.1 Å². The quantitative estimate of drug-likeness (QED) is 0.809. The normalized spacial score (nSPS) is 11.7. The molecule has 0 bridgehead atoms. The van der Waals surface area contributed by atoms with Gasteiger partial charge in [-0.25, -0.2) is 4.98 Å². The molecule has 20 heavy (non-hydrogen) atoms. The lowest BCUT2D eigenvalue weighted by Gasteiger charge is -2.09. The molecule has 5 heteroatoms. The molecule has 0 radical (unpaired) electrons. The predicted molar refractivity (Wildman–Crippen MR) is 77.3 cm³/mol. The first kappa shape index (κ1) is 14.2. The highest BCUT2D eigenvalue weighted by atomic mass is 32.1. The Morgan fingerprint density at radius 3 is 2.75 bits per heavy atom. The molecule has 0 amide bonds. The summed E-state index contributed by atoms with van der Waals surface area (Å²) in [4.78, 5) is 16.7. The van der Waals surface area contributed by atoms with Crippen molar-refractivity contribution < 1.29 is 9.53 Å². The summed E-state index contributed by atoms with van der Waals surface area (Å²) in [5.74, 6) is -0.468. The van der Waals surface area contributed by atoms with Gasteiger partial charge >= 0.3 is 0 Å². The molecule has 1 aromatic heterocycles. The molecule has 0 N–H and O–H groups in total. The van der Waals surface area contributed by atoms with Crippen LogP contribution in [0, 0.1) is 25.2 Å². The lowest BCUT2D eigenvalue weighted by atomic mass is 9.98. The van der Waals surface area contributed by atoms with Gasteiger partial charge in [0.1, 0.15) is 10.8 Å². The number of nitrogens with zero attached hydrogens (tertiary/aromatic N) is 2. The molecular weight excluding hydrogens is 272 g/mol. The van der Waals surface area contributed by atoms with E-state index in [1.54, 1.807) is 19.2 Å². The number of rotatable bonds is 4. The molecule has 102 valence electrons. The summed E-state index contributed by atoms with van der Waals surface area (Å²) in [6.45, 7) is 3.74. The first-order valence-electron chi connectivity index (χ1n) is 6.07. The van der Waals surface area contributed by atoms with Crippen LogP contribution in [0.15, 0.2) is 23.6 Å². The van der Waals surface area contributed by atoms with Gasteiger partial charge in [0.2, 0.25) is 0 Å². The number of ketones is 1. The van der Waals surface area contributed by atoms with Gasteiger partial charge in [0.05, 0.1) is 13.2 Å². The first-order chi connectivity index (χ1) is 9.56. The van der Waals surface area contributed by atoms with E-state index in [0.717, 1.165) is 11.3 Å². The number of carbonyl (C=O) groups excluding carboxylic acids is 1. The summed E-state index contributed by atoms with van der Waals surface area (Å²) in [5, 5.41) is 11.6. The van der Waals surface area contributed by atoms with E-state index >= 15 is 0 Å². The minimum absolute atomic E-state index is 0.250. The summed E-state index contributed by atoms with van der Waals surface area (Å²) in [7, 11) is 1.56. The van der Waals surface area contributed by atoms with Gasteiger partial charge in [0, 0.05) is 16.6 Å². The van der Waals surface area contributed by atoms with Crippen molar-refractivity contribution in [2.45, 2.75) is 19.8 Å². The minimum Gasteiger partial charge on any atom is -0.496 e. The molecule has 1 heterocycles. The third-order valence-electron chi connectivity index (χ3n) is 2.97. The number of thiazole rings is 1. The molecule has 0 aliphatic rings. The predicted octanol–water partition coefficient (Wildman–Crippen LogP) is 3.26. The fraction of sp³-hybridized carbons (Fsp3) is 0.267. The third-order valence-corrected chi connectivity index (χ3v) is 4.00. The summed E-state index contributed by atoms with van der Waals surface area (Å²) in [6.07, 6.45) is 0. The lowest BCUT2D eigenvalue weighted by molar-refractivity contribution is 0.0978. The van der Waals surface area contributed by atoms with Gasteiger partial charge in [-0.3, -0.25) is 4.79 Å². The Kier molecular flexibility index (Phi) is 4.16. The summed E-state index contributed by atoms with van der Waals surface area (Å²) < 4.78 is 5.21.